The Kier molecular flexibility index (Phi) is 12.2. The molecule has 31 heavy (non-hydrogen) atoms. The van der Waals surface area contributed by atoms with Gasteiger partial charge >= 0.3 is 11.9 Å². The fourth-order valence-corrected chi connectivity index (χ4v) is 2.51. The Morgan fingerprint density at radius 1 is 0.903 bits per heavy atom. The molecule has 0 aliphatic carbocycles. The predicted octanol–water partition coefficient (Wildman–Crippen LogP) is -2.82. The SMILES string of the molecule is CC(C)C(NC(=O)C(CCC(=O)O)NC(=O)C(CC(N)=O)NC(=O)C(N)CS)C(=O)O. The lowest BCUT2D eigenvalue weighted by molar-refractivity contribution is -0.144. The van der Waals surface area contributed by atoms with Crippen molar-refractivity contribution in [2.75, 3.05) is 5.75 Å². The summed E-state index contributed by atoms with van der Waals surface area (Å²) in [6.07, 6.45) is -1.51. The highest BCUT2D eigenvalue weighted by atomic mass is 32.1. The molecular weight excluding hydrogens is 434 g/mol. The number of nitrogens with two attached hydrogens (primary N) is 2. The third kappa shape index (κ3) is 10.6. The van der Waals surface area contributed by atoms with Crippen molar-refractivity contribution in [1.82, 2.24) is 16.0 Å². The zero-order valence-electron chi connectivity index (χ0n) is 17.2. The van der Waals surface area contributed by atoms with E-state index in [1.54, 1.807) is 13.8 Å². The molecule has 0 aromatic rings. The lowest BCUT2D eigenvalue weighted by atomic mass is 10.0. The van der Waals surface area contributed by atoms with E-state index in [2.05, 4.69) is 28.6 Å². The lowest BCUT2D eigenvalue weighted by Crippen LogP contribution is -2.58. The van der Waals surface area contributed by atoms with Crippen LogP contribution in [0.15, 0.2) is 0 Å². The number of carboxylic acid groups (broad SMARTS) is 2. The topological polar surface area (TPSA) is 231 Å². The van der Waals surface area contributed by atoms with Crippen LogP contribution in [-0.2, 0) is 28.8 Å². The molecule has 0 saturated carbocycles. The molecule has 0 saturated heterocycles. The summed E-state index contributed by atoms with van der Waals surface area (Å²) in [6.45, 7) is 3.10. The number of carbonyl (C=O) groups excluding carboxylic acids is 4. The molecule has 0 spiro atoms. The van der Waals surface area contributed by atoms with Gasteiger partial charge in [-0.2, -0.15) is 12.6 Å². The van der Waals surface area contributed by atoms with E-state index >= 15 is 0 Å². The summed E-state index contributed by atoms with van der Waals surface area (Å²) in [5.41, 5.74) is 10.6. The molecule has 0 aliphatic rings. The van der Waals surface area contributed by atoms with Gasteiger partial charge in [0.2, 0.25) is 23.6 Å². The molecule has 0 rings (SSSR count). The molecule has 4 unspecified atom stereocenters. The summed E-state index contributed by atoms with van der Waals surface area (Å²) < 4.78 is 0. The molecule has 4 amide bonds. The zero-order valence-corrected chi connectivity index (χ0v) is 18.1. The van der Waals surface area contributed by atoms with Crippen molar-refractivity contribution in [2.24, 2.45) is 17.4 Å². The smallest absolute Gasteiger partial charge is 0.326 e. The lowest BCUT2D eigenvalue weighted by Gasteiger charge is -2.25. The van der Waals surface area contributed by atoms with Gasteiger partial charge in [-0.25, -0.2) is 4.79 Å². The molecule has 13 nitrogen and oxygen atoms in total. The Labute approximate surface area is 184 Å². The van der Waals surface area contributed by atoms with Crippen LogP contribution in [0.5, 0.6) is 0 Å². The second kappa shape index (κ2) is 13.4. The third-order valence-corrected chi connectivity index (χ3v) is 4.48. The van der Waals surface area contributed by atoms with Gasteiger partial charge in [-0.15, -0.1) is 0 Å². The monoisotopic (exact) mass is 463 g/mol. The van der Waals surface area contributed by atoms with Crippen molar-refractivity contribution in [3.63, 3.8) is 0 Å². The highest BCUT2D eigenvalue weighted by molar-refractivity contribution is 7.80. The third-order valence-electron chi connectivity index (χ3n) is 4.08. The molecule has 0 bridgehead atoms. The van der Waals surface area contributed by atoms with Crippen molar-refractivity contribution >= 4 is 48.2 Å². The molecule has 0 aromatic heterocycles. The van der Waals surface area contributed by atoms with E-state index in [4.69, 9.17) is 16.6 Å². The summed E-state index contributed by atoms with van der Waals surface area (Å²) in [7, 11) is 0. The van der Waals surface area contributed by atoms with E-state index in [1.165, 1.54) is 0 Å². The number of rotatable bonds is 14. The molecule has 0 heterocycles. The van der Waals surface area contributed by atoms with Gasteiger partial charge in [0.15, 0.2) is 0 Å². The number of aliphatic carboxylic acids is 2. The number of hydrogen-bond donors (Lipinski definition) is 8. The fraction of sp³-hybridized carbons (Fsp3) is 0.647. The van der Waals surface area contributed by atoms with Crippen LogP contribution in [0.25, 0.3) is 0 Å². The van der Waals surface area contributed by atoms with Crippen LogP contribution in [-0.4, -0.2) is 75.7 Å². The normalized spacial score (nSPS) is 14.6. The maximum Gasteiger partial charge on any atom is 0.326 e. The predicted molar refractivity (Wildman–Crippen MR) is 111 cm³/mol. The van der Waals surface area contributed by atoms with Crippen LogP contribution in [0.1, 0.15) is 33.1 Å². The average molecular weight is 464 g/mol. The zero-order chi connectivity index (χ0) is 24.3. The highest BCUT2D eigenvalue weighted by Crippen LogP contribution is 2.06. The summed E-state index contributed by atoms with van der Waals surface area (Å²) >= 11 is 3.86. The molecule has 176 valence electrons. The van der Waals surface area contributed by atoms with E-state index in [-0.39, 0.29) is 12.2 Å². The van der Waals surface area contributed by atoms with E-state index in [9.17, 15) is 33.9 Å². The minimum Gasteiger partial charge on any atom is -0.481 e. The Morgan fingerprint density at radius 2 is 1.42 bits per heavy atom. The summed E-state index contributed by atoms with van der Waals surface area (Å²) in [5.74, 6) is -6.79. The van der Waals surface area contributed by atoms with E-state index < -0.39 is 78.5 Å². The Morgan fingerprint density at radius 3 is 1.84 bits per heavy atom. The van der Waals surface area contributed by atoms with Gasteiger partial charge in [0, 0.05) is 12.2 Å². The van der Waals surface area contributed by atoms with Crippen LogP contribution < -0.4 is 27.4 Å². The number of primary amides is 1. The van der Waals surface area contributed by atoms with Crippen LogP contribution in [0.2, 0.25) is 0 Å². The van der Waals surface area contributed by atoms with Gasteiger partial charge in [-0.05, 0) is 12.3 Å². The molecule has 0 aromatic carbocycles. The number of thiol groups is 1. The number of hydrogen-bond acceptors (Lipinski definition) is 8. The maximum absolute atomic E-state index is 12.6. The summed E-state index contributed by atoms with van der Waals surface area (Å²) in [5, 5.41) is 24.8. The molecule has 14 heteroatoms. The minimum atomic E-state index is -1.49. The molecule has 0 radical (unpaired) electrons. The Balaban J connectivity index is 5.55. The number of carboxylic acids is 2. The highest BCUT2D eigenvalue weighted by Gasteiger charge is 2.32. The van der Waals surface area contributed by atoms with Crippen molar-refractivity contribution in [1.29, 1.82) is 0 Å². The molecule has 4 atom stereocenters. The Bertz CT molecular complexity index is 702. The van der Waals surface area contributed by atoms with Gasteiger partial charge in [-0.3, -0.25) is 24.0 Å². The second-order valence-electron chi connectivity index (χ2n) is 7.08. The van der Waals surface area contributed by atoms with Crippen molar-refractivity contribution in [3.8, 4) is 0 Å². The van der Waals surface area contributed by atoms with E-state index in [1.807, 2.05) is 0 Å². The number of carbonyl (C=O) groups is 6. The van der Waals surface area contributed by atoms with Gasteiger partial charge in [0.25, 0.3) is 0 Å². The first-order valence-electron chi connectivity index (χ1n) is 9.30. The molecule has 9 N–H and O–H groups in total. The van der Waals surface area contributed by atoms with Gasteiger partial charge < -0.3 is 37.6 Å². The minimum absolute atomic E-state index is 0.0494. The molecule has 0 fully saturated rings. The maximum atomic E-state index is 12.6. The van der Waals surface area contributed by atoms with Crippen LogP contribution in [0.4, 0.5) is 0 Å². The van der Waals surface area contributed by atoms with E-state index in [0.29, 0.717) is 0 Å². The molecular formula is C17H29N5O8S. The average Bonchev–Trinajstić information content (AvgIpc) is 2.66. The van der Waals surface area contributed by atoms with Gasteiger partial charge in [0.1, 0.15) is 18.1 Å². The first-order chi connectivity index (χ1) is 14.3. The quantitative estimate of drug-likeness (QED) is 0.124. The first-order valence-corrected chi connectivity index (χ1v) is 9.93. The van der Waals surface area contributed by atoms with Crippen molar-refractivity contribution in [3.05, 3.63) is 0 Å². The summed E-state index contributed by atoms with van der Waals surface area (Å²) in [4.78, 5) is 70.6. The number of nitrogens with one attached hydrogen (secondary N) is 3. The first kappa shape index (κ1) is 28.1. The van der Waals surface area contributed by atoms with Crippen LogP contribution in [0.3, 0.4) is 0 Å². The van der Waals surface area contributed by atoms with Gasteiger partial charge in [0.05, 0.1) is 12.5 Å². The van der Waals surface area contributed by atoms with E-state index in [0.717, 1.165) is 0 Å². The second-order valence-corrected chi connectivity index (χ2v) is 7.45. The fourth-order valence-electron chi connectivity index (χ4n) is 2.35. The standard InChI is InChI=1S/C17H29N5O8S/c1-7(2)13(17(29)30)22-15(27)9(3-4-12(24)25)20-16(28)10(5-11(19)23)21-14(26)8(18)6-31/h7-10,13,31H,3-6,18H2,1-2H3,(H2,19,23)(H,20,28)(H,21,26)(H,22,27)(H,24,25)(H,29,30). The van der Waals surface area contributed by atoms with Crippen LogP contribution >= 0.6 is 12.6 Å². The van der Waals surface area contributed by atoms with Crippen LogP contribution in [0, 0.1) is 5.92 Å². The molecule has 0 aliphatic heterocycles. The number of amides is 4. The summed E-state index contributed by atoms with van der Waals surface area (Å²) in [6, 6.07) is -5.31. The van der Waals surface area contributed by atoms with Crippen molar-refractivity contribution < 1.29 is 39.0 Å². The van der Waals surface area contributed by atoms with Gasteiger partial charge in [-0.1, -0.05) is 13.8 Å². The Hall–Kier alpha value is -2.87. The largest absolute Gasteiger partial charge is 0.481 e. The van der Waals surface area contributed by atoms with Crippen molar-refractivity contribution in [2.45, 2.75) is 57.3 Å².